The van der Waals surface area contributed by atoms with E-state index in [0.29, 0.717) is 11.4 Å². The van der Waals surface area contributed by atoms with E-state index in [0.717, 1.165) is 16.8 Å². The highest BCUT2D eigenvalue weighted by atomic mass is 15.0. The molecule has 84 valence electrons. The van der Waals surface area contributed by atoms with E-state index in [2.05, 4.69) is 16.4 Å². The molecule has 0 atom stereocenters. The number of nitrogens with one attached hydrogen (secondary N) is 1. The second-order valence-corrected chi connectivity index (χ2v) is 3.78. The van der Waals surface area contributed by atoms with Crippen molar-refractivity contribution in [3.8, 4) is 17.3 Å². The summed E-state index contributed by atoms with van der Waals surface area (Å²) in [7, 11) is 1.77. The average molecular weight is 223 g/mol. The second-order valence-electron chi connectivity index (χ2n) is 3.78. The highest BCUT2D eigenvalue weighted by Gasteiger charge is 2.09. The lowest BCUT2D eigenvalue weighted by molar-refractivity contribution is 1.23. The third-order valence-corrected chi connectivity index (χ3v) is 2.62. The first-order valence-corrected chi connectivity index (χ1v) is 5.41. The van der Waals surface area contributed by atoms with Gasteiger partial charge < -0.3 is 5.32 Å². The van der Waals surface area contributed by atoms with Crippen LogP contribution in [0.25, 0.3) is 11.3 Å². The maximum Gasteiger partial charge on any atom is 0.144 e. The van der Waals surface area contributed by atoms with Gasteiger partial charge in [-0.3, -0.25) is 0 Å². The van der Waals surface area contributed by atoms with Gasteiger partial charge in [0, 0.05) is 12.6 Å². The van der Waals surface area contributed by atoms with Gasteiger partial charge in [-0.2, -0.15) is 5.26 Å². The molecular formula is C14H13N3. The van der Waals surface area contributed by atoms with Gasteiger partial charge in [-0.15, -0.1) is 0 Å². The molecule has 0 amide bonds. The van der Waals surface area contributed by atoms with E-state index in [1.807, 2.05) is 43.3 Å². The molecule has 0 aliphatic heterocycles. The number of anilines is 1. The molecule has 2 aromatic rings. The zero-order valence-corrected chi connectivity index (χ0v) is 9.86. The van der Waals surface area contributed by atoms with E-state index in [-0.39, 0.29) is 0 Å². The summed E-state index contributed by atoms with van der Waals surface area (Å²) in [4.78, 5) is 4.50. The van der Waals surface area contributed by atoms with E-state index in [4.69, 9.17) is 5.26 Å². The Hall–Kier alpha value is -2.34. The molecule has 0 aliphatic carbocycles. The van der Waals surface area contributed by atoms with Gasteiger partial charge in [0.25, 0.3) is 0 Å². The van der Waals surface area contributed by atoms with Crippen LogP contribution in [0.2, 0.25) is 0 Å². The summed E-state index contributed by atoms with van der Waals surface area (Å²) in [5, 5.41) is 12.0. The fourth-order valence-corrected chi connectivity index (χ4v) is 1.78. The Kier molecular flexibility index (Phi) is 3.06. The summed E-state index contributed by atoms with van der Waals surface area (Å²) in [6.07, 6.45) is 0. The maximum atomic E-state index is 9.01. The molecule has 17 heavy (non-hydrogen) atoms. The minimum atomic E-state index is 0.574. The molecule has 0 fully saturated rings. The van der Waals surface area contributed by atoms with Crippen LogP contribution in [0.15, 0.2) is 36.4 Å². The van der Waals surface area contributed by atoms with Crippen molar-refractivity contribution in [2.45, 2.75) is 6.92 Å². The smallest absolute Gasteiger partial charge is 0.144 e. The molecule has 2 rings (SSSR count). The van der Waals surface area contributed by atoms with Crippen molar-refractivity contribution < 1.29 is 0 Å². The number of hydrogen-bond donors (Lipinski definition) is 1. The molecule has 0 saturated carbocycles. The molecule has 0 spiro atoms. The molecule has 1 N–H and O–H groups in total. The molecule has 3 nitrogen and oxygen atoms in total. The van der Waals surface area contributed by atoms with Crippen LogP contribution in [0.4, 0.5) is 5.82 Å². The number of aryl methyl sites for hydroxylation is 1. The lowest BCUT2D eigenvalue weighted by Crippen LogP contribution is -1.99. The van der Waals surface area contributed by atoms with Gasteiger partial charge >= 0.3 is 0 Å². The number of nitriles is 1. The Bertz CT molecular complexity index is 568. The van der Waals surface area contributed by atoms with Crippen molar-refractivity contribution in [1.82, 2.24) is 4.98 Å². The van der Waals surface area contributed by atoms with Gasteiger partial charge in [0.2, 0.25) is 0 Å². The Balaban J connectivity index is 2.61. The molecule has 1 aromatic heterocycles. The first-order chi connectivity index (χ1) is 8.26. The zero-order chi connectivity index (χ0) is 12.3. The third-order valence-electron chi connectivity index (χ3n) is 2.62. The highest BCUT2D eigenvalue weighted by Crippen LogP contribution is 2.25. The monoisotopic (exact) mass is 223 g/mol. The molecule has 1 heterocycles. The molecule has 1 aromatic carbocycles. The highest BCUT2D eigenvalue weighted by molar-refractivity contribution is 5.68. The first kappa shape index (κ1) is 11.2. The van der Waals surface area contributed by atoms with Gasteiger partial charge in [0.15, 0.2) is 0 Å². The van der Waals surface area contributed by atoms with Gasteiger partial charge in [-0.05, 0) is 18.6 Å². The van der Waals surface area contributed by atoms with E-state index < -0.39 is 0 Å². The van der Waals surface area contributed by atoms with E-state index in [9.17, 15) is 0 Å². The molecule has 3 heteroatoms. The van der Waals surface area contributed by atoms with Crippen molar-refractivity contribution in [3.05, 3.63) is 47.5 Å². The van der Waals surface area contributed by atoms with Crippen LogP contribution < -0.4 is 5.32 Å². The Morgan fingerprint density at radius 2 is 1.94 bits per heavy atom. The summed E-state index contributed by atoms with van der Waals surface area (Å²) in [5.74, 6) is 0.622. The third kappa shape index (κ3) is 2.11. The second kappa shape index (κ2) is 4.67. The normalized spacial score (nSPS) is 9.71. The fraction of sp³-hybridized carbons (Fsp3) is 0.143. The summed E-state index contributed by atoms with van der Waals surface area (Å²) >= 11 is 0. The predicted octanol–water partition coefficient (Wildman–Crippen LogP) is 2.97. The van der Waals surface area contributed by atoms with Crippen LogP contribution in [-0.4, -0.2) is 12.0 Å². The summed E-state index contributed by atoms with van der Waals surface area (Å²) in [6, 6.07) is 14.0. The predicted molar refractivity (Wildman–Crippen MR) is 68.7 cm³/mol. The van der Waals surface area contributed by atoms with Crippen molar-refractivity contribution in [1.29, 1.82) is 5.26 Å². The van der Waals surface area contributed by atoms with Crippen molar-refractivity contribution >= 4 is 5.82 Å². The SMILES string of the molecule is CNc1nc(-c2ccccc2)c(C)cc1C#N. The summed E-state index contributed by atoms with van der Waals surface area (Å²) < 4.78 is 0. The largest absolute Gasteiger partial charge is 0.372 e. The minimum absolute atomic E-state index is 0.574. The molecule has 0 aliphatic rings. The van der Waals surface area contributed by atoms with Crippen LogP contribution >= 0.6 is 0 Å². The minimum Gasteiger partial charge on any atom is -0.372 e. The number of benzene rings is 1. The quantitative estimate of drug-likeness (QED) is 0.851. The Morgan fingerprint density at radius 1 is 1.24 bits per heavy atom. The van der Waals surface area contributed by atoms with Crippen LogP contribution in [0.3, 0.4) is 0 Å². The number of rotatable bonds is 2. The van der Waals surface area contributed by atoms with Gasteiger partial charge in [0.05, 0.1) is 11.3 Å². The van der Waals surface area contributed by atoms with Crippen molar-refractivity contribution in [3.63, 3.8) is 0 Å². The van der Waals surface area contributed by atoms with E-state index in [1.54, 1.807) is 7.05 Å². The molecule has 0 radical (unpaired) electrons. The zero-order valence-electron chi connectivity index (χ0n) is 9.86. The number of hydrogen-bond acceptors (Lipinski definition) is 3. The Morgan fingerprint density at radius 3 is 2.53 bits per heavy atom. The van der Waals surface area contributed by atoms with Crippen LogP contribution in [0.1, 0.15) is 11.1 Å². The Labute approximate surface area is 101 Å². The van der Waals surface area contributed by atoms with E-state index in [1.165, 1.54) is 0 Å². The molecular weight excluding hydrogens is 210 g/mol. The number of aromatic nitrogens is 1. The molecule has 0 unspecified atom stereocenters. The van der Waals surface area contributed by atoms with Crippen LogP contribution in [-0.2, 0) is 0 Å². The molecule has 0 bridgehead atoms. The summed E-state index contributed by atoms with van der Waals surface area (Å²) in [5.41, 5.74) is 3.55. The fourth-order valence-electron chi connectivity index (χ4n) is 1.78. The lowest BCUT2D eigenvalue weighted by atomic mass is 10.0. The van der Waals surface area contributed by atoms with Gasteiger partial charge in [-0.25, -0.2) is 4.98 Å². The van der Waals surface area contributed by atoms with Gasteiger partial charge in [-0.1, -0.05) is 30.3 Å². The standard InChI is InChI=1S/C14H13N3/c1-10-8-12(9-15)14(16-2)17-13(10)11-6-4-3-5-7-11/h3-8H,1-2H3,(H,16,17). The van der Waals surface area contributed by atoms with E-state index >= 15 is 0 Å². The van der Waals surface area contributed by atoms with Crippen molar-refractivity contribution in [2.75, 3.05) is 12.4 Å². The molecule has 0 saturated heterocycles. The average Bonchev–Trinajstić information content (AvgIpc) is 2.39. The topological polar surface area (TPSA) is 48.7 Å². The van der Waals surface area contributed by atoms with Gasteiger partial charge in [0.1, 0.15) is 11.9 Å². The summed E-state index contributed by atoms with van der Waals surface area (Å²) in [6.45, 7) is 1.97. The first-order valence-electron chi connectivity index (χ1n) is 5.41. The lowest BCUT2D eigenvalue weighted by Gasteiger charge is -2.09. The van der Waals surface area contributed by atoms with Crippen molar-refractivity contribution in [2.24, 2.45) is 0 Å². The maximum absolute atomic E-state index is 9.01. The van der Waals surface area contributed by atoms with Crippen LogP contribution in [0, 0.1) is 18.3 Å². The number of pyridine rings is 1. The number of nitrogens with zero attached hydrogens (tertiary/aromatic N) is 2. The van der Waals surface area contributed by atoms with Crippen LogP contribution in [0.5, 0.6) is 0 Å².